The average molecular weight is 535 g/mol. The van der Waals surface area contributed by atoms with Crippen molar-refractivity contribution >= 4 is 21.6 Å². The first kappa shape index (κ1) is 24.9. The molecule has 2 fully saturated rings. The van der Waals surface area contributed by atoms with E-state index >= 15 is 0 Å². The maximum atomic E-state index is 13.3. The van der Waals surface area contributed by atoms with Crippen molar-refractivity contribution in [1.82, 2.24) is 4.31 Å². The summed E-state index contributed by atoms with van der Waals surface area (Å²) in [6, 6.07) is 20.1. The lowest BCUT2D eigenvalue weighted by Crippen LogP contribution is -2.38. The number of anilines is 1. The number of ether oxygens (including phenoxy) is 3. The van der Waals surface area contributed by atoms with Crippen LogP contribution in [0.15, 0.2) is 71.6 Å². The average Bonchev–Trinajstić information content (AvgIpc) is 3.37. The van der Waals surface area contributed by atoms with Crippen molar-refractivity contribution in [1.29, 1.82) is 0 Å². The standard InChI is InChI=1S/C29H30N2O6S/c1-35-18-24-6-3-15-31(24)38(33,34)25-10-7-20(8-11-25)21-4-2-5-23(16-21)30-28(32)29(13-14-29)22-9-12-26-27(17-22)37-19-36-26/h2,4-5,7-12,16-17,24H,3,6,13-15,18-19H2,1H3,(H,30,32)/t24-/m1/s1. The number of hydrogen-bond acceptors (Lipinski definition) is 6. The Hall–Kier alpha value is -3.40. The Kier molecular flexibility index (Phi) is 6.37. The van der Waals surface area contributed by atoms with E-state index in [0.717, 1.165) is 42.4 Å². The van der Waals surface area contributed by atoms with Gasteiger partial charge < -0.3 is 19.5 Å². The number of fused-ring (bicyclic) bond motifs is 1. The fourth-order valence-electron chi connectivity index (χ4n) is 5.43. The van der Waals surface area contributed by atoms with Crippen molar-refractivity contribution in [2.24, 2.45) is 0 Å². The van der Waals surface area contributed by atoms with E-state index in [4.69, 9.17) is 14.2 Å². The Balaban J connectivity index is 1.18. The van der Waals surface area contributed by atoms with Gasteiger partial charge in [-0.15, -0.1) is 0 Å². The van der Waals surface area contributed by atoms with Crippen LogP contribution in [0.5, 0.6) is 11.5 Å². The molecule has 1 saturated carbocycles. The molecule has 0 radical (unpaired) electrons. The fourth-order valence-corrected chi connectivity index (χ4v) is 7.11. The molecule has 0 unspecified atom stereocenters. The molecule has 0 spiro atoms. The summed E-state index contributed by atoms with van der Waals surface area (Å²) >= 11 is 0. The van der Waals surface area contributed by atoms with Crippen LogP contribution in [0, 0.1) is 0 Å². The van der Waals surface area contributed by atoms with Crippen LogP contribution in [0.3, 0.4) is 0 Å². The normalized spacial score (nSPS) is 19.9. The number of rotatable bonds is 8. The van der Waals surface area contributed by atoms with Gasteiger partial charge in [-0.3, -0.25) is 4.79 Å². The van der Waals surface area contributed by atoms with Crippen LogP contribution in [0.2, 0.25) is 0 Å². The van der Waals surface area contributed by atoms with Gasteiger partial charge in [-0.1, -0.05) is 30.3 Å². The lowest BCUT2D eigenvalue weighted by atomic mass is 9.94. The van der Waals surface area contributed by atoms with Crippen molar-refractivity contribution in [3.8, 4) is 22.6 Å². The van der Waals surface area contributed by atoms with Gasteiger partial charge in [0.05, 0.1) is 16.9 Å². The Morgan fingerprint density at radius 2 is 1.82 bits per heavy atom. The summed E-state index contributed by atoms with van der Waals surface area (Å²) in [7, 11) is -2.00. The smallest absolute Gasteiger partial charge is 0.243 e. The van der Waals surface area contributed by atoms with E-state index in [-0.39, 0.29) is 23.6 Å². The molecular weight excluding hydrogens is 504 g/mol. The first-order valence-corrected chi connectivity index (χ1v) is 14.3. The Bertz CT molecular complexity index is 1470. The highest BCUT2D eigenvalue weighted by molar-refractivity contribution is 7.89. The molecule has 8 nitrogen and oxygen atoms in total. The van der Waals surface area contributed by atoms with Gasteiger partial charge in [0.2, 0.25) is 22.7 Å². The van der Waals surface area contributed by atoms with Crippen molar-refractivity contribution in [3.05, 3.63) is 72.3 Å². The predicted octanol–water partition coefficient (Wildman–Crippen LogP) is 4.55. The topological polar surface area (TPSA) is 94.2 Å². The van der Waals surface area contributed by atoms with Gasteiger partial charge >= 0.3 is 0 Å². The van der Waals surface area contributed by atoms with Crippen LogP contribution in [-0.2, 0) is 25.0 Å². The third kappa shape index (κ3) is 4.44. The lowest BCUT2D eigenvalue weighted by Gasteiger charge is -2.23. The second kappa shape index (κ2) is 9.72. The van der Waals surface area contributed by atoms with Gasteiger partial charge in [-0.25, -0.2) is 8.42 Å². The first-order valence-electron chi connectivity index (χ1n) is 12.8. The minimum atomic E-state index is -3.59. The lowest BCUT2D eigenvalue weighted by molar-refractivity contribution is -0.118. The zero-order valence-electron chi connectivity index (χ0n) is 21.2. The maximum Gasteiger partial charge on any atom is 0.243 e. The molecule has 3 aromatic carbocycles. The number of methoxy groups -OCH3 is 1. The van der Waals surface area contributed by atoms with E-state index < -0.39 is 15.4 Å². The van der Waals surface area contributed by atoms with E-state index in [2.05, 4.69) is 5.32 Å². The van der Waals surface area contributed by atoms with Crippen LogP contribution in [0.25, 0.3) is 11.1 Å². The third-order valence-corrected chi connectivity index (χ3v) is 9.67. The number of sulfonamides is 1. The molecule has 38 heavy (non-hydrogen) atoms. The summed E-state index contributed by atoms with van der Waals surface area (Å²) < 4.78 is 44.1. The molecule has 1 saturated heterocycles. The van der Waals surface area contributed by atoms with Gasteiger partial charge in [0.1, 0.15) is 0 Å². The van der Waals surface area contributed by atoms with Gasteiger partial charge in [0.15, 0.2) is 11.5 Å². The summed E-state index contributed by atoms with van der Waals surface area (Å²) in [6.45, 7) is 1.10. The van der Waals surface area contributed by atoms with Crippen LogP contribution >= 0.6 is 0 Å². The number of nitrogens with zero attached hydrogens (tertiary/aromatic N) is 1. The maximum absolute atomic E-state index is 13.3. The zero-order chi connectivity index (χ0) is 26.3. The van der Waals surface area contributed by atoms with Crippen LogP contribution < -0.4 is 14.8 Å². The molecule has 0 bridgehead atoms. The molecule has 2 heterocycles. The molecule has 6 rings (SSSR count). The number of amides is 1. The zero-order valence-corrected chi connectivity index (χ0v) is 22.0. The highest BCUT2D eigenvalue weighted by Crippen LogP contribution is 2.51. The first-order chi connectivity index (χ1) is 18.4. The molecular formula is C29H30N2O6S. The largest absolute Gasteiger partial charge is 0.454 e. The monoisotopic (exact) mass is 534 g/mol. The number of benzene rings is 3. The van der Waals surface area contributed by atoms with Crippen molar-refractivity contribution in [3.63, 3.8) is 0 Å². The Labute approximate surface area is 222 Å². The van der Waals surface area contributed by atoms with Crippen molar-refractivity contribution in [2.75, 3.05) is 32.4 Å². The van der Waals surface area contributed by atoms with Gasteiger partial charge in [0, 0.05) is 25.4 Å². The molecule has 2 aliphatic heterocycles. The second-order valence-electron chi connectivity index (χ2n) is 10.1. The van der Waals surface area contributed by atoms with E-state index in [9.17, 15) is 13.2 Å². The molecule has 1 atom stereocenters. The van der Waals surface area contributed by atoms with Gasteiger partial charge in [-0.2, -0.15) is 4.31 Å². The number of carbonyl (C=O) groups is 1. The molecule has 3 aromatic rings. The number of carbonyl (C=O) groups excluding carboxylic acids is 1. The Morgan fingerprint density at radius 3 is 2.58 bits per heavy atom. The minimum Gasteiger partial charge on any atom is -0.454 e. The van der Waals surface area contributed by atoms with Crippen molar-refractivity contribution in [2.45, 2.75) is 42.0 Å². The summed E-state index contributed by atoms with van der Waals surface area (Å²) in [5, 5.41) is 3.09. The molecule has 0 aromatic heterocycles. The van der Waals surface area contributed by atoms with Gasteiger partial charge in [-0.05, 0) is 78.8 Å². The molecule has 1 amide bonds. The highest BCUT2D eigenvalue weighted by atomic mass is 32.2. The molecule has 198 valence electrons. The minimum absolute atomic E-state index is 0.0498. The van der Waals surface area contributed by atoms with Gasteiger partial charge in [0.25, 0.3) is 0 Å². The molecule has 9 heteroatoms. The highest BCUT2D eigenvalue weighted by Gasteiger charge is 2.51. The van der Waals surface area contributed by atoms with E-state index in [0.29, 0.717) is 30.3 Å². The van der Waals surface area contributed by atoms with E-state index in [1.165, 1.54) is 0 Å². The van der Waals surface area contributed by atoms with E-state index in [1.54, 1.807) is 23.5 Å². The second-order valence-corrected chi connectivity index (χ2v) is 12.0. The Morgan fingerprint density at radius 1 is 1.03 bits per heavy atom. The number of nitrogens with one attached hydrogen (secondary N) is 1. The van der Waals surface area contributed by atoms with E-state index in [1.807, 2.05) is 54.6 Å². The summed E-state index contributed by atoms with van der Waals surface area (Å²) in [6.07, 6.45) is 3.19. The summed E-state index contributed by atoms with van der Waals surface area (Å²) in [5.74, 6) is 1.32. The van der Waals surface area contributed by atoms with Crippen molar-refractivity contribution < 1.29 is 27.4 Å². The number of hydrogen-bond donors (Lipinski definition) is 1. The quantitative estimate of drug-likeness (QED) is 0.456. The SMILES string of the molecule is COC[C@H]1CCCN1S(=O)(=O)c1ccc(-c2cccc(NC(=O)C3(c4ccc5c(c4)OCO5)CC3)c2)cc1. The summed E-state index contributed by atoms with van der Waals surface area (Å²) in [5.41, 5.74) is 2.81. The predicted molar refractivity (Wildman–Crippen MR) is 143 cm³/mol. The van der Waals surface area contributed by atoms with Crippen LogP contribution in [0.4, 0.5) is 5.69 Å². The fraction of sp³-hybridized carbons (Fsp3) is 0.345. The van der Waals surface area contributed by atoms with Crippen LogP contribution in [0.1, 0.15) is 31.2 Å². The molecule has 3 aliphatic rings. The summed E-state index contributed by atoms with van der Waals surface area (Å²) in [4.78, 5) is 13.6. The third-order valence-electron chi connectivity index (χ3n) is 7.71. The van der Waals surface area contributed by atoms with Crippen LogP contribution in [-0.4, -0.2) is 51.7 Å². The molecule has 1 aliphatic carbocycles. The molecule has 1 N–H and O–H groups in total.